The molecule has 0 bridgehead atoms. The Bertz CT molecular complexity index is 796. The summed E-state index contributed by atoms with van der Waals surface area (Å²) in [5.74, 6) is 0.0698. The first-order valence-electron chi connectivity index (χ1n) is 6.46. The van der Waals surface area contributed by atoms with Gasteiger partial charge in [0.05, 0.1) is 26.0 Å². The Morgan fingerprint density at radius 1 is 1.35 bits per heavy atom. The Hall–Kier alpha value is -0.960. The summed E-state index contributed by atoms with van der Waals surface area (Å²) in [5.41, 5.74) is 0.855. The Morgan fingerprint density at radius 2 is 2.04 bits per heavy atom. The summed E-state index contributed by atoms with van der Waals surface area (Å²) in [6.07, 6.45) is 3.45. The fourth-order valence-corrected chi connectivity index (χ4v) is 5.55. The van der Waals surface area contributed by atoms with E-state index in [0.29, 0.717) is 20.7 Å². The van der Waals surface area contributed by atoms with Crippen molar-refractivity contribution in [2.45, 2.75) is 5.92 Å². The lowest BCUT2D eigenvalue weighted by atomic mass is 10.1. The van der Waals surface area contributed by atoms with Gasteiger partial charge in [-0.1, -0.05) is 11.8 Å². The van der Waals surface area contributed by atoms with Gasteiger partial charge >= 0.3 is 0 Å². The number of halogens is 2. The zero-order chi connectivity index (χ0) is 16.6. The van der Waals surface area contributed by atoms with Crippen LogP contribution in [0.2, 0.25) is 0 Å². The summed E-state index contributed by atoms with van der Waals surface area (Å²) in [6.45, 7) is 0. The van der Waals surface area contributed by atoms with Gasteiger partial charge in [0.1, 0.15) is 16.7 Å². The molecule has 0 radical (unpaired) electrons. The molecular formula is C15H10Br2N2O2S2. The number of carbonyl (C=O) groups excluding carboxylic acids is 1. The average molecular weight is 474 g/mol. The van der Waals surface area contributed by atoms with Crippen molar-refractivity contribution in [3.05, 3.63) is 48.1 Å². The molecule has 0 saturated carbocycles. The normalized spacial score (nSPS) is 19.6. The van der Waals surface area contributed by atoms with Crippen LogP contribution in [0.4, 0.5) is 0 Å². The molecule has 1 fully saturated rings. The number of carbonyl (C=O) groups is 1. The van der Waals surface area contributed by atoms with Crippen LogP contribution in [-0.4, -0.2) is 22.9 Å². The second-order valence-electron chi connectivity index (χ2n) is 4.66. The molecule has 1 aromatic heterocycles. The standard InChI is InChI=1S/C15H10Br2N2O2S2/c1-21-13-8(16)4-7(5-9(13)17)6-10-12(20)11(14(18)23-10)15-19-2-3-22-15/h2-6,11,18H,1H3/b10-6-,18-14?/t11-/m1/s1. The molecule has 0 amide bonds. The van der Waals surface area contributed by atoms with Crippen molar-refractivity contribution in [1.29, 1.82) is 5.41 Å². The molecule has 0 aliphatic carbocycles. The van der Waals surface area contributed by atoms with E-state index in [9.17, 15) is 4.79 Å². The van der Waals surface area contributed by atoms with Crippen LogP contribution in [0, 0.1) is 5.41 Å². The first-order valence-corrected chi connectivity index (χ1v) is 9.74. The number of Topliss-reactive ketones (excluding diaryl/α,β-unsaturated/α-hetero) is 1. The van der Waals surface area contributed by atoms with Crippen LogP contribution >= 0.6 is 55.0 Å². The van der Waals surface area contributed by atoms with Gasteiger partial charge in [-0.15, -0.1) is 11.3 Å². The van der Waals surface area contributed by atoms with E-state index >= 15 is 0 Å². The molecule has 4 nitrogen and oxygen atoms in total. The zero-order valence-corrected chi connectivity index (χ0v) is 16.6. The molecule has 2 heterocycles. The number of thiazole rings is 1. The molecular weight excluding hydrogens is 464 g/mol. The summed E-state index contributed by atoms with van der Waals surface area (Å²) in [6, 6.07) is 3.76. The van der Waals surface area contributed by atoms with Gasteiger partial charge in [0.2, 0.25) is 0 Å². The maximum absolute atomic E-state index is 12.6. The van der Waals surface area contributed by atoms with Crippen LogP contribution in [0.3, 0.4) is 0 Å². The molecule has 3 rings (SSSR count). The van der Waals surface area contributed by atoms with E-state index in [1.807, 2.05) is 17.5 Å². The minimum Gasteiger partial charge on any atom is -0.494 e. The van der Waals surface area contributed by atoms with Crippen molar-refractivity contribution < 1.29 is 9.53 Å². The molecule has 1 N–H and O–H groups in total. The fraction of sp³-hybridized carbons (Fsp3) is 0.133. The van der Waals surface area contributed by atoms with E-state index in [0.717, 1.165) is 14.5 Å². The van der Waals surface area contributed by atoms with Crippen molar-refractivity contribution in [3.8, 4) is 5.75 Å². The average Bonchev–Trinajstić information content (AvgIpc) is 3.08. The highest BCUT2D eigenvalue weighted by molar-refractivity contribution is 9.11. The molecule has 8 heteroatoms. The lowest BCUT2D eigenvalue weighted by molar-refractivity contribution is -0.114. The summed E-state index contributed by atoms with van der Waals surface area (Å²) in [4.78, 5) is 17.3. The van der Waals surface area contributed by atoms with Gasteiger partial charge in [-0.2, -0.15) is 0 Å². The van der Waals surface area contributed by atoms with E-state index in [4.69, 9.17) is 10.1 Å². The Balaban J connectivity index is 1.95. The summed E-state index contributed by atoms with van der Waals surface area (Å²) in [7, 11) is 1.60. The Morgan fingerprint density at radius 3 is 2.61 bits per heavy atom. The van der Waals surface area contributed by atoms with Crippen molar-refractivity contribution in [2.24, 2.45) is 0 Å². The topological polar surface area (TPSA) is 63.0 Å². The number of rotatable bonds is 3. The number of allylic oxidation sites excluding steroid dienone is 1. The SMILES string of the molecule is COc1c(Br)cc(/C=C2\SC(=N)[C@H](c3nccs3)C2=O)cc1Br. The number of hydrogen-bond donors (Lipinski definition) is 1. The van der Waals surface area contributed by atoms with Crippen LogP contribution in [0.15, 0.2) is 37.6 Å². The maximum Gasteiger partial charge on any atom is 0.186 e. The molecule has 0 spiro atoms. The van der Waals surface area contributed by atoms with Crippen molar-refractivity contribution in [1.82, 2.24) is 4.98 Å². The highest BCUT2D eigenvalue weighted by Crippen LogP contribution is 2.42. The molecule has 0 unspecified atom stereocenters. The molecule has 2 aromatic rings. The smallest absolute Gasteiger partial charge is 0.186 e. The van der Waals surface area contributed by atoms with Crippen molar-refractivity contribution >= 4 is 71.9 Å². The summed E-state index contributed by atoms with van der Waals surface area (Å²) >= 11 is 9.50. The van der Waals surface area contributed by atoms with Gasteiger partial charge in [-0.3, -0.25) is 10.2 Å². The van der Waals surface area contributed by atoms with E-state index in [2.05, 4.69) is 36.8 Å². The van der Waals surface area contributed by atoms with Gasteiger partial charge in [-0.05, 0) is 55.6 Å². The minimum atomic E-state index is -0.559. The highest BCUT2D eigenvalue weighted by Gasteiger charge is 2.38. The maximum atomic E-state index is 12.6. The highest BCUT2D eigenvalue weighted by atomic mass is 79.9. The third-order valence-electron chi connectivity index (χ3n) is 3.21. The predicted molar refractivity (Wildman–Crippen MR) is 102 cm³/mol. The summed E-state index contributed by atoms with van der Waals surface area (Å²) in [5, 5.41) is 10.9. The predicted octanol–water partition coefficient (Wildman–Crippen LogP) is 5.09. The number of nitrogens with one attached hydrogen (secondary N) is 1. The lowest BCUT2D eigenvalue weighted by Crippen LogP contribution is -2.11. The molecule has 1 aromatic carbocycles. The van der Waals surface area contributed by atoms with E-state index in [1.165, 1.54) is 23.1 Å². The largest absolute Gasteiger partial charge is 0.494 e. The van der Waals surface area contributed by atoms with Gasteiger partial charge in [0.25, 0.3) is 0 Å². The van der Waals surface area contributed by atoms with Crippen LogP contribution in [-0.2, 0) is 4.79 Å². The van der Waals surface area contributed by atoms with Crippen molar-refractivity contribution in [2.75, 3.05) is 7.11 Å². The second-order valence-corrected chi connectivity index (χ2v) is 8.38. The van der Waals surface area contributed by atoms with Crippen LogP contribution in [0.1, 0.15) is 16.5 Å². The molecule has 1 atom stereocenters. The quantitative estimate of drug-likeness (QED) is 0.630. The number of aromatic nitrogens is 1. The first-order chi connectivity index (χ1) is 11.0. The number of nitrogens with zero attached hydrogens (tertiary/aromatic N) is 1. The number of hydrogen-bond acceptors (Lipinski definition) is 6. The molecule has 23 heavy (non-hydrogen) atoms. The zero-order valence-electron chi connectivity index (χ0n) is 11.8. The van der Waals surface area contributed by atoms with Crippen LogP contribution in [0.25, 0.3) is 6.08 Å². The third-order valence-corrected chi connectivity index (χ3v) is 6.22. The van der Waals surface area contributed by atoms with Gasteiger partial charge in [0, 0.05) is 11.6 Å². The van der Waals surface area contributed by atoms with Gasteiger partial charge in [0.15, 0.2) is 5.78 Å². The molecule has 1 saturated heterocycles. The third kappa shape index (κ3) is 3.31. The number of methoxy groups -OCH3 is 1. The first kappa shape index (κ1) is 16.9. The van der Waals surface area contributed by atoms with E-state index < -0.39 is 5.92 Å². The van der Waals surface area contributed by atoms with E-state index in [1.54, 1.807) is 19.4 Å². The number of ether oxygens (including phenoxy) is 1. The molecule has 1 aliphatic rings. The number of ketones is 1. The van der Waals surface area contributed by atoms with Crippen molar-refractivity contribution in [3.63, 3.8) is 0 Å². The van der Waals surface area contributed by atoms with Crippen LogP contribution in [0.5, 0.6) is 5.75 Å². The monoisotopic (exact) mass is 472 g/mol. The molecule has 118 valence electrons. The minimum absolute atomic E-state index is 0.0713. The van der Waals surface area contributed by atoms with Gasteiger partial charge in [-0.25, -0.2) is 4.98 Å². The second kappa shape index (κ2) is 6.88. The Kier molecular flexibility index (Phi) is 5.05. The lowest BCUT2D eigenvalue weighted by Gasteiger charge is -2.07. The van der Waals surface area contributed by atoms with E-state index in [-0.39, 0.29) is 5.78 Å². The van der Waals surface area contributed by atoms with Gasteiger partial charge < -0.3 is 4.74 Å². The summed E-state index contributed by atoms with van der Waals surface area (Å²) < 4.78 is 6.87. The van der Waals surface area contributed by atoms with Crippen LogP contribution < -0.4 is 4.74 Å². The number of benzene rings is 1. The number of thioether (sulfide) groups is 1. The Labute approximate surface area is 158 Å². The fourth-order valence-electron chi connectivity index (χ4n) is 2.20. The molecule has 1 aliphatic heterocycles.